The van der Waals surface area contributed by atoms with Crippen molar-refractivity contribution in [2.24, 2.45) is 5.16 Å². The Morgan fingerprint density at radius 3 is 2.88 bits per heavy atom. The summed E-state index contributed by atoms with van der Waals surface area (Å²) in [6.45, 7) is 4.59. The third kappa shape index (κ3) is 4.76. The molecular weight excluding hydrogens is 324 g/mol. The van der Waals surface area contributed by atoms with E-state index in [1.165, 1.54) is 0 Å². The maximum atomic E-state index is 10.5. The van der Waals surface area contributed by atoms with Crippen LogP contribution in [0.5, 0.6) is 5.75 Å². The van der Waals surface area contributed by atoms with Gasteiger partial charge in [0.2, 0.25) is 0 Å². The molecule has 0 spiro atoms. The normalized spacial score (nSPS) is 20.8. The number of likely N-dealkylation sites (N-methyl/N-ethyl adjacent to an activating group) is 1. The smallest absolute Gasteiger partial charge is 0.404 e. The lowest BCUT2D eigenvalue weighted by atomic mass is 10.2. The van der Waals surface area contributed by atoms with Crippen LogP contribution >= 0.6 is 0 Å². The maximum Gasteiger partial charge on any atom is 0.404 e. The van der Waals surface area contributed by atoms with E-state index in [2.05, 4.69) is 33.4 Å². The lowest BCUT2D eigenvalue weighted by Crippen LogP contribution is -2.44. The first kappa shape index (κ1) is 17.3. The summed E-state index contributed by atoms with van der Waals surface area (Å²) in [7, 11) is 2.13. The molecule has 3 rings (SSSR count). The molecule has 1 saturated heterocycles. The van der Waals surface area contributed by atoms with Gasteiger partial charge in [-0.25, -0.2) is 4.79 Å². The number of ether oxygens (including phenoxy) is 1. The second-order valence-electron chi connectivity index (χ2n) is 6.32. The number of carbonyl (C=O) groups is 1. The van der Waals surface area contributed by atoms with E-state index in [0.717, 1.165) is 37.6 Å². The van der Waals surface area contributed by atoms with Crippen molar-refractivity contribution in [2.75, 3.05) is 51.3 Å². The van der Waals surface area contributed by atoms with Crippen molar-refractivity contribution in [2.45, 2.75) is 12.5 Å². The molecular formula is C17H24N4O4. The molecule has 1 amide bonds. The molecule has 1 atom stereocenters. The highest BCUT2D eigenvalue weighted by molar-refractivity contribution is 5.89. The average molecular weight is 348 g/mol. The first-order valence-electron chi connectivity index (χ1n) is 8.45. The van der Waals surface area contributed by atoms with E-state index in [1.54, 1.807) is 0 Å². The number of hydrogen-bond acceptors (Lipinski definition) is 6. The zero-order valence-electron chi connectivity index (χ0n) is 14.4. The molecule has 2 aliphatic rings. The maximum absolute atomic E-state index is 10.5. The highest BCUT2D eigenvalue weighted by Gasteiger charge is 2.23. The SMILES string of the molecule is CN1CCN(c2ccccc2OCC2CC(CNC(=O)O)=NO2)CC1. The van der Waals surface area contributed by atoms with E-state index >= 15 is 0 Å². The summed E-state index contributed by atoms with van der Waals surface area (Å²) >= 11 is 0. The van der Waals surface area contributed by atoms with Crippen LogP contribution in [0.15, 0.2) is 29.4 Å². The monoisotopic (exact) mass is 348 g/mol. The van der Waals surface area contributed by atoms with Gasteiger partial charge >= 0.3 is 6.09 Å². The summed E-state index contributed by atoms with van der Waals surface area (Å²) in [5.74, 6) is 0.841. The molecule has 8 heteroatoms. The molecule has 136 valence electrons. The highest BCUT2D eigenvalue weighted by atomic mass is 16.7. The molecule has 0 aliphatic carbocycles. The molecule has 1 aromatic rings. The largest absolute Gasteiger partial charge is 0.487 e. The van der Waals surface area contributed by atoms with Crippen molar-refractivity contribution in [1.29, 1.82) is 0 Å². The molecule has 1 aromatic carbocycles. The summed E-state index contributed by atoms with van der Waals surface area (Å²) in [6.07, 6.45) is -0.689. The number of nitrogens with zero attached hydrogens (tertiary/aromatic N) is 3. The molecule has 0 bridgehead atoms. The second-order valence-corrected chi connectivity index (χ2v) is 6.32. The Kier molecular flexibility index (Phi) is 5.60. The Hall–Kier alpha value is -2.48. The van der Waals surface area contributed by atoms with E-state index in [-0.39, 0.29) is 12.6 Å². The molecule has 1 fully saturated rings. The van der Waals surface area contributed by atoms with Crippen molar-refractivity contribution in [3.05, 3.63) is 24.3 Å². The van der Waals surface area contributed by atoms with Crippen LogP contribution in [0.25, 0.3) is 0 Å². The van der Waals surface area contributed by atoms with Gasteiger partial charge in [0.1, 0.15) is 12.4 Å². The van der Waals surface area contributed by atoms with Crippen LogP contribution in [-0.4, -0.2) is 74.3 Å². The molecule has 2 aliphatic heterocycles. The fourth-order valence-corrected chi connectivity index (χ4v) is 2.93. The van der Waals surface area contributed by atoms with Gasteiger partial charge in [-0.15, -0.1) is 0 Å². The standard InChI is InChI=1S/C17H24N4O4/c1-20-6-8-21(9-7-20)15-4-2-3-5-16(15)24-12-14-10-13(19-25-14)11-18-17(22)23/h2-5,14,18H,6-12H2,1H3,(H,22,23). The molecule has 0 saturated carbocycles. The topological polar surface area (TPSA) is 86.6 Å². The van der Waals surface area contributed by atoms with E-state index in [0.29, 0.717) is 18.7 Å². The zero-order chi connectivity index (χ0) is 17.6. The minimum atomic E-state index is -1.07. The van der Waals surface area contributed by atoms with E-state index in [4.69, 9.17) is 14.7 Å². The summed E-state index contributed by atoms with van der Waals surface area (Å²) < 4.78 is 5.98. The number of nitrogens with one attached hydrogen (secondary N) is 1. The van der Waals surface area contributed by atoms with Crippen LogP contribution in [0.3, 0.4) is 0 Å². The molecule has 0 radical (unpaired) electrons. The van der Waals surface area contributed by atoms with Crippen LogP contribution in [0, 0.1) is 0 Å². The van der Waals surface area contributed by atoms with Gasteiger partial charge in [0.15, 0.2) is 6.10 Å². The summed E-state index contributed by atoms with van der Waals surface area (Å²) in [5.41, 5.74) is 1.78. The molecule has 8 nitrogen and oxygen atoms in total. The van der Waals surface area contributed by atoms with Gasteiger partial charge < -0.3 is 29.8 Å². The minimum Gasteiger partial charge on any atom is -0.487 e. The molecule has 0 aromatic heterocycles. The fourth-order valence-electron chi connectivity index (χ4n) is 2.93. The lowest BCUT2D eigenvalue weighted by Gasteiger charge is -2.34. The Morgan fingerprint density at radius 2 is 2.12 bits per heavy atom. The summed E-state index contributed by atoms with van der Waals surface area (Å²) in [5, 5.41) is 14.8. The molecule has 2 N–H and O–H groups in total. The van der Waals surface area contributed by atoms with E-state index in [9.17, 15) is 4.79 Å². The number of hydrogen-bond donors (Lipinski definition) is 2. The summed E-state index contributed by atoms with van der Waals surface area (Å²) in [4.78, 5) is 20.5. The van der Waals surface area contributed by atoms with Crippen LogP contribution in [0.4, 0.5) is 10.5 Å². The number of carboxylic acid groups (broad SMARTS) is 1. The van der Waals surface area contributed by atoms with Crippen LogP contribution in [0.2, 0.25) is 0 Å². The van der Waals surface area contributed by atoms with Gasteiger partial charge in [-0.2, -0.15) is 0 Å². The third-order valence-corrected chi connectivity index (χ3v) is 4.37. The molecule has 2 heterocycles. The number of rotatable bonds is 6. The van der Waals surface area contributed by atoms with Crippen molar-refractivity contribution >= 4 is 17.5 Å². The predicted octanol–water partition coefficient (Wildman–Crippen LogP) is 1.23. The van der Waals surface area contributed by atoms with Gasteiger partial charge in [-0.3, -0.25) is 0 Å². The van der Waals surface area contributed by atoms with Crippen LogP contribution in [0.1, 0.15) is 6.42 Å². The van der Waals surface area contributed by atoms with Crippen molar-refractivity contribution in [3.63, 3.8) is 0 Å². The van der Waals surface area contributed by atoms with Crippen molar-refractivity contribution in [3.8, 4) is 5.75 Å². The lowest BCUT2D eigenvalue weighted by molar-refractivity contribution is 0.0472. The number of anilines is 1. The first-order chi connectivity index (χ1) is 12.1. The number of amides is 1. The highest BCUT2D eigenvalue weighted by Crippen LogP contribution is 2.29. The number of benzene rings is 1. The molecule has 1 unspecified atom stereocenters. The molecule has 25 heavy (non-hydrogen) atoms. The number of piperazine rings is 1. The third-order valence-electron chi connectivity index (χ3n) is 4.37. The number of para-hydroxylation sites is 2. The van der Waals surface area contributed by atoms with Gasteiger partial charge in [0, 0.05) is 32.6 Å². The Labute approximate surface area is 147 Å². The summed E-state index contributed by atoms with van der Waals surface area (Å²) in [6, 6.07) is 8.03. The van der Waals surface area contributed by atoms with E-state index < -0.39 is 6.09 Å². The van der Waals surface area contributed by atoms with E-state index in [1.807, 2.05) is 18.2 Å². The minimum absolute atomic E-state index is 0.184. The zero-order valence-corrected chi connectivity index (χ0v) is 14.4. The number of oxime groups is 1. The average Bonchev–Trinajstić information content (AvgIpc) is 3.07. The van der Waals surface area contributed by atoms with Gasteiger partial charge in [0.05, 0.1) is 17.9 Å². The first-order valence-corrected chi connectivity index (χ1v) is 8.45. The van der Waals surface area contributed by atoms with Gasteiger partial charge in [-0.05, 0) is 19.2 Å². The van der Waals surface area contributed by atoms with Crippen LogP contribution < -0.4 is 15.0 Å². The van der Waals surface area contributed by atoms with Crippen molar-refractivity contribution in [1.82, 2.24) is 10.2 Å². The Balaban J connectivity index is 1.52. The van der Waals surface area contributed by atoms with Gasteiger partial charge in [0.25, 0.3) is 0 Å². The van der Waals surface area contributed by atoms with Crippen molar-refractivity contribution < 1.29 is 19.5 Å². The predicted molar refractivity (Wildman–Crippen MR) is 94.6 cm³/mol. The second kappa shape index (κ2) is 8.06. The van der Waals surface area contributed by atoms with Crippen LogP contribution in [-0.2, 0) is 4.84 Å². The fraction of sp³-hybridized carbons (Fsp3) is 0.529. The van der Waals surface area contributed by atoms with Gasteiger partial charge in [-0.1, -0.05) is 17.3 Å². The quantitative estimate of drug-likeness (QED) is 0.804. The Morgan fingerprint density at radius 1 is 1.36 bits per heavy atom. The Bertz CT molecular complexity index is 629.